The van der Waals surface area contributed by atoms with Crippen molar-refractivity contribution in [2.75, 3.05) is 0 Å². The first-order valence-corrected chi connectivity index (χ1v) is 13.1. The summed E-state index contributed by atoms with van der Waals surface area (Å²) < 4.78 is 17.5. The summed E-state index contributed by atoms with van der Waals surface area (Å²) in [6.07, 6.45) is 0. The largest absolute Gasteiger partial charge is 0.208 e. The zero-order chi connectivity index (χ0) is 25.5. The van der Waals surface area contributed by atoms with Crippen LogP contribution < -0.4 is 0 Å². The Morgan fingerprint density at radius 1 is 0.421 bits per heavy atom. The fourth-order valence-corrected chi connectivity index (χ4v) is 5.82. The van der Waals surface area contributed by atoms with Crippen LogP contribution in [0.3, 0.4) is 0 Å². The second kappa shape index (κ2) is 9.29. The average molecular weight is 510 g/mol. The van der Waals surface area contributed by atoms with Gasteiger partial charge in [0.15, 0.2) is 17.5 Å². The van der Waals surface area contributed by atoms with E-state index in [2.05, 4.69) is 42.5 Å². The van der Waals surface area contributed by atoms with Crippen molar-refractivity contribution in [3.63, 3.8) is 0 Å². The van der Waals surface area contributed by atoms with E-state index in [4.69, 9.17) is 15.0 Å². The maximum atomic E-state index is 15.1. The number of rotatable bonds is 4. The summed E-state index contributed by atoms with van der Waals surface area (Å²) in [6, 6.07) is 39.3. The summed E-state index contributed by atoms with van der Waals surface area (Å²) >= 11 is 1.77. The molecule has 0 bridgehead atoms. The number of halogens is 1. The minimum absolute atomic E-state index is 0.337. The van der Waals surface area contributed by atoms with Crippen LogP contribution in [0.4, 0.5) is 4.39 Å². The summed E-state index contributed by atoms with van der Waals surface area (Å²) in [5.74, 6) is 1.19. The molecular weight excluding hydrogens is 489 g/mol. The Labute approximate surface area is 222 Å². The van der Waals surface area contributed by atoms with E-state index in [1.165, 1.54) is 26.2 Å². The number of aromatic nitrogens is 3. The van der Waals surface area contributed by atoms with Gasteiger partial charge in [-0.05, 0) is 47.5 Å². The van der Waals surface area contributed by atoms with Crippen LogP contribution in [0.5, 0.6) is 0 Å². The Hall–Kier alpha value is -4.74. The third-order valence-corrected chi connectivity index (χ3v) is 7.72. The highest BCUT2D eigenvalue weighted by Crippen LogP contribution is 2.37. The topological polar surface area (TPSA) is 38.7 Å². The molecule has 38 heavy (non-hydrogen) atoms. The van der Waals surface area contributed by atoms with E-state index in [0.717, 1.165) is 22.3 Å². The van der Waals surface area contributed by atoms with Crippen LogP contribution in [0.1, 0.15) is 0 Å². The van der Waals surface area contributed by atoms with Crippen LogP contribution in [0.2, 0.25) is 0 Å². The third-order valence-electron chi connectivity index (χ3n) is 6.57. The van der Waals surface area contributed by atoms with Gasteiger partial charge in [-0.15, -0.1) is 11.3 Å². The number of nitrogens with zero attached hydrogens (tertiary/aromatic N) is 3. The Balaban J connectivity index is 1.39. The lowest BCUT2D eigenvalue weighted by Gasteiger charge is -2.10. The second-order valence-electron chi connectivity index (χ2n) is 9.08. The smallest absolute Gasteiger partial charge is 0.164 e. The summed E-state index contributed by atoms with van der Waals surface area (Å²) in [5, 5.41) is 2.38. The molecule has 5 heteroatoms. The van der Waals surface area contributed by atoms with Gasteiger partial charge < -0.3 is 0 Å². The van der Waals surface area contributed by atoms with Crippen LogP contribution in [0.25, 0.3) is 65.5 Å². The number of thiophene rings is 1. The van der Waals surface area contributed by atoms with E-state index in [1.807, 2.05) is 66.7 Å². The molecule has 0 saturated carbocycles. The quantitative estimate of drug-likeness (QED) is 0.238. The number of benzene rings is 5. The zero-order valence-electron chi connectivity index (χ0n) is 20.2. The molecule has 0 aliphatic rings. The number of hydrogen-bond acceptors (Lipinski definition) is 4. The monoisotopic (exact) mass is 509 g/mol. The highest BCUT2D eigenvalue weighted by atomic mass is 32.1. The Kier molecular flexibility index (Phi) is 5.49. The van der Waals surface area contributed by atoms with E-state index in [-0.39, 0.29) is 5.82 Å². The van der Waals surface area contributed by atoms with Gasteiger partial charge in [0.1, 0.15) is 5.82 Å². The van der Waals surface area contributed by atoms with Gasteiger partial charge in [-0.2, -0.15) is 0 Å². The Bertz CT molecular complexity index is 1870. The molecule has 180 valence electrons. The van der Waals surface area contributed by atoms with Crippen molar-refractivity contribution in [2.45, 2.75) is 0 Å². The maximum Gasteiger partial charge on any atom is 0.164 e. The van der Waals surface area contributed by atoms with Crippen LogP contribution in [-0.2, 0) is 0 Å². The van der Waals surface area contributed by atoms with Crippen LogP contribution in [0.15, 0.2) is 121 Å². The molecule has 2 heterocycles. The summed E-state index contributed by atoms with van der Waals surface area (Å²) in [5.41, 5.74) is 4.08. The molecule has 7 aromatic rings. The van der Waals surface area contributed by atoms with Crippen LogP contribution in [-0.4, -0.2) is 15.0 Å². The zero-order valence-corrected chi connectivity index (χ0v) is 21.0. The van der Waals surface area contributed by atoms with Crippen molar-refractivity contribution in [1.82, 2.24) is 15.0 Å². The minimum atomic E-state index is -0.337. The SMILES string of the molecule is Fc1cc(-c2ccc3sc4ccccc4c3c2)cc(-c2nc(-c3ccccc3)nc(-c3ccccc3)n2)c1. The molecule has 0 saturated heterocycles. The first-order chi connectivity index (χ1) is 18.7. The fourth-order valence-electron chi connectivity index (χ4n) is 4.73. The van der Waals surface area contributed by atoms with Crippen molar-refractivity contribution >= 4 is 31.5 Å². The molecule has 0 unspecified atom stereocenters. The molecule has 3 nitrogen and oxygen atoms in total. The molecule has 0 aliphatic carbocycles. The molecule has 2 aromatic heterocycles. The summed E-state index contributed by atoms with van der Waals surface area (Å²) in [4.78, 5) is 14.3. The molecule has 0 N–H and O–H groups in total. The van der Waals surface area contributed by atoms with Gasteiger partial charge >= 0.3 is 0 Å². The summed E-state index contributed by atoms with van der Waals surface area (Å²) in [6.45, 7) is 0. The normalized spacial score (nSPS) is 11.3. The van der Waals surface area contributed by atoms with E-state index in [0.29, 0.717) is 23.0 Å². The average Bonchev–Trinajstić information content (AvgIpc) is 3.35. The van der Waals surface area contributed by atoms with Gasteiger partial charge in [0.05, 0.1) is 0 Å². The first-order valence-electron chi connectivity index (χ1n) is 12.3. The lowest BCUT2D eigenvalue weighted by Crippen LogP contribution is -2.00. The van der Waals surface area contributed by atoms with E-state index in [9.17, 15) is 0 Å². The predicted octanol–water partition coefficient (Wildman–Crippen LogP) is 9.05. The highest BCUT2D eigenvalue weighted by molar-refractivity contribution is 7.25. The highest BCUT2D eigenvalue weighted by Gasteiger charge is 2.15. The van der Waals surface area contributed by atoms with Gasteiger partial charge in [0.2, 0.25) is 0 Å². The molecule has 0 radical (unpaired) electrons. The molecule has 0 amide bonds. The van der Waals surface area contributed by atoms with E-state index < -0.39 is 0 Å². The van der Waals surface area contributed by atoms with Gasteiger partial charge in [-0.3, -0.25) is 0 Å². The van der Waals surface area contributed by atoms with Crippen molar-refractivity contribution in [2.24, 2.45) is 0 Å². The van der Waals surface area contributed by atoms with Gasteiger partial charge in [0.25, 0.3) is 0 Å². The number of hydrogen-bond donors (Lipinski definition) is 0. The van der Waals surface area contributed by atoms with Crippen molar-refractivity contribution in [3.05, 3.63) is 127 Å². The van der Waals surface area contributed by atoms with Crippen LogP contribution >= 0.6 is 11.3 Å². The maximum absolute atomic E-state index is 15.1. The lowest BCUT2D eigenvalue weighted by molar-refractivity contribution is 0.628. The predicted molar refractivity (Wildman–Crippen MR) is 154 cm³/mol. The van der Waals surface area contributed by atoms with Gasteiger partial charge in [0, 0.05) is 36.9 Å². The van der Waals surface area contributed by atoms with Crippen molar-refractivity contribution in [1.29, 1.82) is 0 Å². The third kappa shape index (κ3) is 4.13. The molecular formula is C33H20FN3S. The molecule has 0 fully saturated rings. The van der Waals surface area contributed by atoms with Crippen LogP contribution in [0, 0.1) is 5.82 Å². The summed E-state index contributed by atoms with van der Waals surface area (Å²) in [7, 11) is 0. The Morgan fingerprint density at radius 2 is 0.974 bits per heavy atom. The molecule has 5 aromatic carbocycles. The van der Waals surface area contributed by atoms with Gasteiger partial charge in [-0.25, -0.2) is 19.3 Å². The fraction of sp³-hybridized carbons (Fsp3) is 0. The first kappa shape index (κ1) is 22.5. The number of fused-ring (bicyclic) bond motifs is 3. The van der Waals surface area contributed by atoms with Crippen molar-refractivity contribution in [3.8, 4) is 45.3 Å². The second-order valence-corrected chi connectivity index (χ2v) is 10.2. The van der Waals surface area contributed by atoms with Crippen molar-refractivity contribution < 1.29 is 4.39 Å². The van der Waals surface area contributed by atoms with Gasteiger partial charge in [-0.1, -0.05) is 84.9 Å². The Morgan fingerprint density at radius 3 is 1.66 bits per heavy atom. The minimum Gasteiger partial charge on any atom is -0.208 e. The van der Waals surface area contributed by atoms with E-state index in [1.54, 1.807) is 17.4 Å². The lowest BCUT2D eigenvalue weighted by atomic mass is 10.0. The van der Waals surface area contributed by atoms with E-state index >= 15 is 4.39 Å². The molecule has 0 aliphatic heterocycles. The molecule has 0 spiro atoms. The molecule has 7 rings (SSSR count). The standard InChI is InChI=1S/C33H20FN3S/c34-26-18-24(23-15-16-30-28(20-23)27-13-7-8-14-29(27)38-30)17-25(19-26)33-36-31(21-9-3-1-4-10-21)35-32(37-33)22-11-5-2-6-12-22/h1-20H. The molecule has 0 atom stereocenters.